The van der Waals surface area contributed by atoms with Gasteiger partial charge in [0.1, 0.15) is 0 Å². The number of hydrogen-bond donors (Lipinski definition) is 1. The first-order valence-corrected chi connectivity index (χ1v) is 7.76. The van der Waals surface area contributed by atoms with Crippen molar-refractivity contribution in [2.45, 2.75) is 45.8 Å². The minimum absolute atomic E-state index is 0.165. The summed E-state index contributed by atoms with van der Waals surface area (Å²) in [5, 5.41) is 3.51. The van der Waals surface area contributed by atoms with Crippen molar-refractivity contribution in [1.29, 1.82) is 0 Å². The summed E-state index contributed by atoms with van der Waals surface area (Å²) in [7, 11) is 0. The molecule has 20 heavy (non-hydrogen) atoms. The van der Waals surface area contributed by atoms with E-state index >= 15 is 0 Å². The normalized spacial score (nSPS) is 29.1. The lowest BCUT2D eigenvalue weighted by Gasteiger charge is -2.52. The molecule has 0 bridgehead atoms. The van der Waals surface area contributed by atoms with Crippen molar-refractivity contribution in [3.05, 3.63) is 0 Å². The number of nitrogens with zero attached hydrogens (tertiary/aromatic N) is 1. The zero-order chi connectivity index (χ0) is 14.6. The molecule has 2 rings (SSSR count). The Balaban J connectivity index is 1.65. The van der Waals surface area contributed by atoms with E-state index in [1.807, 2.05) is 11.8 Å². The number of hydrogen-bond acceptors (Lipinski definition) is 4. The summed E-state index contributed by atoms with van der Waals surface area (Å²) < 4.78 is 11.0. The van der Waals surface area contributed by atoms with E-state index in [0.29, 0.717) is 31.8 Å². The number of carbonyl (C=O) groups is 1. The van der Waals surface area contributed by atoms with E-state index in [1.165, 1.54) is 0 Å². The highest BCUT2D eigenvalue weighted by Crippen LogP contribution is 2.42. The van der Waals surface area contributed by atoms with Gasteiger partial charge in [0, 0.05) is 44.1 Å². The molecule has 0 spiro atoms. The first-order valence-electron chi connectivity index (χ1n) is 7.76. The molecule has 1 saturated carbocycles. The fourth-order valence-electron chi connectivity index (χ4n) is 3.04. The molecule has 5 nitrogen and oxygen atoms in total. The van der Waals surface area contributed by atoms with E-state index in [1.54, 1.807) is 0 Å². The molecule has 0 radical (unpaired) electrons. The Morgan fingerprint density at radius 2 is 2.10 bits per heavy atom. The van der Waals surface area contributed by atoms with Crippen LogP contribution >= 0.6 is 0 Å². The van der Waals surface area contributed by atoms with E-state index in [4.69, 9.17) is 9.47 Å². The van der Waals surface area contributed by atoms with Crippen LogP contribution in [0, 0.1) is 5.41 Å². The number of ether oxygens (including phenoxy) is 2. The molecule has 2 atom stereocenters. The zero-order valence-corrected chi connectivity index (χ0v) is 13.0. The molecule has 1 saturated heterocycles. The van der Waals surface area contributed by atoms with Crippen LogP contribution < -0.4 is 5.32 Å². The van der Waals surface area contributed by atoms with Gasteiger partial charge in [-0.1, -0.05) is 13.8 Å². The summed E-state index contributed by atoms with van der Waals surface area (Å²) in [6.07, 6.45) is 1.97. The maximum Gasteiger partial charge on any atom is 0.224 e. The quantitative estimate of drug-likeness (QED) is 0.791. The third kappa shape index (κ3) is 3.51. The van der Waals surface area contributed by atoms with Crippen LogP contribution in [0.2, 0.25) is 0 Å². The highest BCUT2D eigenvalue weighted by Gasteiger charge is 2.48. The lowest BCUT2D eigenvalue weighted by atomic mass is 9.64. The fraction of sp³-hybridized carbons (Fsp3) is 0.933. The van der Waals surface area contributed by atoms with Crippen molar-refractivity contribution in [3.63, 3.8) is 0 Å². The van der Waals surface area contributed by atoms with E-state index in [9.17, 15) is 4.79 Å². The minimum atomic E-state index is 0.165. The standard InChI is InChI=1S/C15H28N2O3/c1-4-20-13-11-12(15(13,2)3)16-6-5-14(18)17-7-9-19-10-8-17/h12-13,16H,4-11H2,1-3H3. The molecule has 2 unspecified atom stereocenters. The number of amides is 1. The first-order chi connectivity index (χ1) is 9.55. The summed E-state index contributed by atoms with van der Waals surface area (Å²) in [5.41, 5.74) is 0.165. The van der Waals surface area contributed by atoms with E-state index < -0.39 is 0 Å². The van der Waals surface area contributed by atoms with Gasteiger partial charge in [0.2, 0.25) is 5.91 Å². The number of carbonyl (C=O) groups excluding carboxylic acids is 1. The van der Waals surface area contributed by atoms with Crippen molar-refractivity contribution in [2.24, 2.45) is 5.41 Å². The van der Waals surface area contributed by atoms with Gasteiger partial charge in [0.25, 0.3) is 0 Å². The van der Waals surface area contributed by atoms with E-state index in [0.717, 1.165) is 32.7 Å². The molecule has 2 fully saturated rings. The highest BCUT2D eigenvalue weighted by atomic mass is 16.5. The summed E-state index contributed by atoms with van der Waals surface area (Å²) in [6.45, 7) is 10.9. The molecule has 0 aromatic carbocycles. The molecule has 5 heteroatoms. The minimum Gasteiger partial charge on any atom is -0.378 e. The van der Waals surface area contributed by atoms with Gasteiger partial charge in [-0.25, -0.2) is 0 Å². The topological polar surface area (TPSA) is 50.8 Å². The molecule has 2 aliphatic rings. The van der Waals surface area contributed by atoms with Crippen molar-refractivity contribution in [3.8, 4) is 0 Å². The predicted molar refractivity (Wildman–Crippen MR) is 77.6 cm³/mol. The van der Waals surface area contributed by atoms with Crippen LogP contribution in [0.3, 0.4) is 0 Å². The monoisotopic (exact) mass is 284 g/mol. The van der Waals surface area contributed by atoms with Crippen LogP contribution in [-0.4, -0.2) is 62.4 Å². The summed E-state index contributed by atoms with van der Waals surface area (Å²) in [5.74, 6) is 0.235. The Hall–Kier alpha value is -0.650. The van der Waals surface area contributed by atoms with Gasteiger partial charge >= 0.3 is 0 Å². The average molecular weight is 284 g/mol. The van der Waals surface area contributed by atoms with Crippen molar-refractivity contribution < 1.29 is 14.3 Å². The molecule has 1 heterocycles. The third-order valence-electron chi connectivity index (χ3n) is 4.64. The highest BCUT2D eigenvalue weighted by molar-refractivity contribution is 5.76. The van der Waals surface area contributed by atoms with Gasteiger partial charge in [-0.15, -0.1) is 0 Å². The zero-order valence-electron chi connectivity index (χ0n) is 13.0. The second kappa shape index (κ2) is 6.87. The average Bonchev–Trinajstić information content (AvgIpc) is 2.46. The Bertz CT molecular complexity index is 327. The second-order valence-corrected chi connectivity index (χ2v) is 6.25. The number of morpholine rings is 1. The Kier molecular flexibility index (Phi) is 5.41. The van der Waals surface area contributed by atoms with Gasteiger partial charge in [0.05, 0.1) is 19.3 Å². The SMILES string of the molecule is CCOC1CC(NCCC(=O)N2CCOCC2)C1(C)C. The van der Waals surface area contributed by atoms with Crippen molar-refractivity contribution in [1.82, 2.24) is 10.2 Å². The van der Waals surface area contributed by atoms with Crippen LogP contribution in [0.4, 0.5) is 0 Å². The molecule has 1 aliphatic carbocycles. The molecule has 1 amide bonds. The molecule has 0 aromatic rings. The summed E-state index contributed by atoms with van der Waals surface area (Å²) >= 11 is 0. The van der Waals surface area contributed by atoms with Gasteiger partial charge in [0.15, 0.2) is 0 Å². The van der Waals surface area contributed by atoms with E-state index in [2.05, 4.69) is 19.2 Å². The van der Waals surface area contributed by atoms with Crippen LogP contribution in [-0.2, 0) is 14.3 Å². The maximum atomic E-state index is 12.0. The molecule has 1 aliphatic heterocycles. The van der Waals surface area contributed by atoms with Gasteiger partial charge < -0.3 is 19.7 Å². The first kappa shape index (κ1) is 15.7. The smallest absolute Gasteiger partial charge is 0.224 e. The molecule has 116 valence electrons. The predicted octanol–water partition coefficient (Wildman–Crippen LogP) is 1.03. The molecule has 1 N–H and O–H groups in total. The van der Waals surface area contributed by atoms with Gasteiger partial charge in [-0.3, -0.25) is 4.79 Å². The van der Waals surface area contributed by atoms with Crippen LogP contribution in [0.1, 0.15) is 33.6 Å². The third-order valence-corrected chi connectivity index (χ3v) is 4.64. The summed E-state index contributed by atoms with van der Waals surface area (Å²) in [6, 6.07) is 0.455. The lowest BCUT2D eigenvalue weighted by molar-refractivity contribution is -0.135. The lowest BCUT2D eigenvalue weighted by Crippen LogP contribution is -2.61. The largest absolute Gasteiger partial charge is 0.378 e. The van der Waals surface area contributed by atoms with Gasteiger partial charge in [-0.05, 0) is 13.3 Å². The molecular weight excluding hydrogens is 256 g/mol. The second-order valence-electron chi connectivity index (χ2n) is 6.25. The summed E-state index contributed by atoms with van der Waals surface area (Å²) in [4.78, 5) is 13.9. The van der Waals surface area contributed by atoms with Crippen LogP contribution in [0.25, 0.3) is 0 Å². The van der Waals surface area contributed by atoms with Crippen molar-refractivity contribution >= 4 is 5.91 Å². The maximum absolute atomic E-state index is 12.0. The van der Waals surface area contributed by atoms with Crippen LogP contribution in [0.15, 0.2) is 0 Å². The molecular formula is C15H28N2O3. The van der Waals surface area contributed by atoms with Crippen molar-refractivity contribution in [2.75, 3.05) is 39.5 Å². The number of nitrogens with one attached hydrogen (secondary N) is 1. The Morgan fingerprint density at radius 1 is 1.40 bits per heavy atom. The van der Waals surface area contributed by atoms with E-state index in [-0.39, 0.29) is 11.3 Å². The van der Waals surface area contributed by atoms with Crippen LogP contribution in [0.5, 0.6) is 0 Å². The fourth-order valence-corrected chi connectivity index (χ4v) is 3.04. The Labute approximate surface area is 122 Å². The Morgan fingerprint density at radius 3 is 2.70 bits per heavy atom. The molecule has 0 aromatic heterocycles. The van der Waals surface area contributed by atoms with Gasteiger partial charge in [-0.2, -0.15) is 0 Å². The number of rotatable bonds is 6.